The number of amides is 2. The molecule has 1 fully saturated rings. The highest BCUT2D eigenvalue weighted by molar-refractivity contribution is 5.86. The van der Waals surface area contributed by atoms with Crippen molar-refractivity contribution >= 4 is 18.3 Å². The van der Waals surface area contributed by atoms with Crippen LogP contribution in [-0.4, -0.2) is 47.6 Å². The first-order chi connectivity index (χ1) is 15.1. The molecular formula is C23H23F3N2O4. The van der Waals surface area contributed by atoms with Gasteiger partial charge in [-0.1, -0.05) is 43.3 Å². The Morgan fingerprint density at radius 1 is 1.19 bits per heavy atom. The lowest BCUT2D eigenvalue weighted by atomic mass is 9.90. The molecule has 2 atom stereocenters. The molecule has 0 aromatic heterocycles. The van der Waals surface area contributed by atoms with E-state index in [1.165, 1.54) is 12.1 Å². The molecule has 170 valence electrons. The van der Waals surface area contributed by atoms with E-state index in [1.807, 2.05) is 0 Å². The van der Waals surface area contributed by atoms with Crippen LogP contribution in [0.5, 0.6) is 0 Å². The Morgan fingerprint density at radius 2 is 1.81 bits per heavy atom. The van der Waals surface area contributed by atoms with Gasteiger partial charge in [0.1, 0.15) is 6.04 Å². The van der Waals surface area contributed by atoms with E-state index in [1.54, 1.807) is 37.3 Å². The number of carbonyl (C=O) groups is 3. The molecule has 3 N–H and O–H groups in total. The van der Waals surface area contributed by atoms with E-state index in [0.717, 1.165) is 4.90 Å². The Balaban J connectivity index is 0.000000913. The van der Waals surface area contributed by atoms with Gasteiger partial charge in [-0.2, -0.15) is 8.78 Å². The number of alkyl halides is 3. The number of nitrogens with zero attached hydrogens (tertiary/aromatic N) is 1. The van der Waals surface area contributed by atoms with Crippen LogP contribution in [-0.2, 0) is 26.7 Å². The molecule has 6 nitrogen and oxygen atoms in total. The van der Waals surface area contributed by atoms with E-state index in [-0.39, 0.29) is 36.9 Å². The summed E-state index contributed by atoms with van der Waals surface area (Å²) in [6.45, 7) is 0.860. The summed E-state index contributed by atoms with van der Waals surface area (Å²) in [7, 11) is 0. The lowest BCUT2D eigenvalue weighted by Crippen LogP contribution is -2.41. The number of halogens is 3. The van der Waals surface area contributed by atoms with Gasteiger partial charge >= 0.3 is 5.97 Å². The first kappa shape index (κ1) is 23.3. The van der Waals surface area contributed by atoms with E-state index < -0.39 is 35.9 Å². The number of primary amides is 1. The summed E-state index contributed by atoms with van der Waals surface area (Å²) in [6.07, 6.45) is 0.0635. The second-order valence-corrected chi connectivity index (χ2v) is 8.34. The molecule has 0 saturated carbocycles. The first-order valence-corrected chi connectivity index (χ1v) is 9.92. The van der Waals surface area contributed by atoms with E-state index in [2.05, 4.69) is 5.73 Å². The van der Waals surface area contributed by atoms with Gasteiger partial charge < -0.3 is 15.7 Å². The third-order valence-electron chi connectivity index (χ3n) is 5.88. The fourth-order valence-corrected chi connectivity index (χ4v) is 4.35. The van der Waals surface area contributed by atoms with Crippen LogP contribution in [0.25, 0.3) is 11.1 Å². The Morgan fingerprint density at radius 3 is 2.44 bits per heavy atom. The van der Waals surface area contributed by atoms with Crippen molar-refractivity contribution < 1.29 is 32.7 Å². The monoisotopic (exact) mass is 448 g/mol. The van der Waals surface area contributed by atoms with Crippen LogP contribution in [0, 0.1) is 5.41 Å². The molecule has 1 unspecified atom stereocenters. The molecule has 2 aliphatic rings. The third kappa shape index (κ3) is 4.06. The normalized spacial score (nSPS) is 22.4. The number of likely N-dealkylation sites (tertiary alicyclic amines) is 1. The summed E-state index contributed by atoms with van der Waals surface area (Å²) in [4.78, 5) is 34.0. The lowest BCUT2D eigenvalue weighted by molar-refractivity contribution is -0.148. The quantitative estimate of drug-likeness (QED) is 0.702. The van der Waals surface area contributed by atoms with Gasteiger partial charge in [-0.3, -0.25) is 14.0 Å². The Kier molecular flexibility index (Phi) is 6.29. The molecule has 32 heavy (non-hydrogen) atoms. The van der Waals surface area contributed by atoms with Crippen LogP contribution in [0.3, 0.4) is 0 Å². The van der Waals surface area contributed by atoms with E-state index in [4.69, 9.17) is 4.79 Å². The predicted molar refractivity (Wildman–Crippen MR) is 111 cm³/mol. The molecule has 1 aliphatic carbocycles. The van der Waals surface area contributed by atoms with Gasteiger partial charge in [0, 0.05) is 23.1 Å². The highest BCUT2D eigenvalue weighted by Gasteiger charge is 2.47. The fourth-order valence-electron chi connectivity index (χ4n) is 4.35. The Bertz CT molecular complexity index is 1060. The topological polar surface area (TPSA) is 101 Å². The summed E-state index contributed by atoms with van der Waals surface area (Å²) < 4.78 is 43.0. The van der Waals surface area contributed by atoms with Gasteiger partial charge in [-0.25, -0.2) is 4.79 Å². The van der Waals surface area contributed by atoms with Crippen molar-refractivity contribution in [2.75, 3.05) is 13.2 Å². The second-order valence-electron chi connectivity index (χ2n) is 8.34. The number of carboxylic acids is 1. The maximum atomic E-state index is 14.8. The summed E-state index contributed by atoms with van der Waals surface area (Å²) in [5.41, 5.74) is 4.30. The van der Waals surface area contributed by atoms with Gasteiger partial charge in [0.2, 0.25) is 12.3 Å². The molecule has 2 amide bonds. The van der Waals surface area contributed by atoms with Crippen LogP contribution in [0.2, 0.25) is 0 Å². The largest absolute Gasteiger partial charge is 0.480 e. The number of hydrogen-bond donors (Lipinski definition) is 2. The number of nitrogens with two attached hydrogens (primary N) is 1. The standard InChI is InChI=1S/C22H20F3NO3.CH3NO/c1-21(11-23)10-18(20(28)29)26(12-21)19(27)9-13-6-7-15-14-4-2-3-5-16(14)22(24,25)17(15)8-13;2-1-3/h2-8,18H,9-12H2,1H3,(H,28,29);1H,(H2,2,3)/t18?,21-;/m1./s1. The van der Waals surface area contributed by atoms with Crippen molar-refractivity contribution in [1.29, 1.82) is 0 Å². The Hall–Kier alpha value is -3.36. The van der Waals surface area contributed by atoms with E-state index in [0.29, 0.717) is 16.7 Å². The second kappa shape index (κ2) is 8.64. The zero-order valence-electron chi connectivity index (χ0n) is 17.4. The predicted octanol–water partition coefficient (Wildman–Crippen LogP) is 3.11. The molecule has 9 heteroatoms. The highest BCUT2D eigenvalue weighted by Crippen LogP contribution is 2.51. The summed E-state index contributed by atoms with van der Waals surface area (Å²) >= 11 is 0. The van der Waals surface area contributed by atoms with Crippen molar-refractivity contribution in [2.45, 2.75) is 31.7 Å². The van der Waals surface area contributed by atoms with Crippen LogP contribution < -0.4 is 5.73 Å². The third-order valence-corrected chi connectivity index (χ3v) is 5.88. The molecule has 4 rings (SSSR count). The molecular weight excluding hydrogens is 425 g/mol. The minimum atomic E-state index is -3.16. The van der Waals surface area contributed by atoms with Crippen molar-refractivity contribution in [2.24, 2.45) is 11.1 Å². The maximum absolute atomic E-state index is 14.8. The van der Waals surface area contributed by atoms with Gasteiger partial charge in [0.15, 0.2) is 0 Å². The SMILES string of the molecule is C[C@]1(CF)CC(C(=O)O)N(C(=O)Cc2ccc3c(c2)C(F)(F)c2ccccc2-3)C1.NC=O. The van der Waals surface area contributed by atoms with Crippen molar-refractivity contribution in [3.63, 3.8) is 0 Å². The zero-order chi connectivity index (χ0) is 23.7. The minimum Gasteiger partial charge on any atom is -0.480 e. The molecule has 1 aliphatic heterocycles. The van der Waals surface area contributed by atoms with Crippen molar-refractivity contribution in [3.05, 3.63) is 59.2 Å². The smallest absolute Gasteiger partial charge is 0.326 e. The molecule has 1 saturated heterocycles. The minimum absolute atomic E-state index is 0.00809. The number of carboxylic acid groups (broad SMARTS) is 1. The van der Waals surface area contributed by atoms with E-state index in [9.17, 15) is 27.9 Å². The average Bonchev–Trinajstić information content (AvgIpc) is 3.23. The average molecular weight is 448 g/mol. The zero-order valence-corrected chi connectivity index (χ0v) is 17.4. The van der Waals surface area contributed by atoms with Gasteiger partial charge in [-0.05, 0) is 29.2 Å². The number of aliphatic carboxylic acids is 1. The maximum Gasteiger partial charge on any atom is 0.326 e. The molecule has 2 aromatic rings. The molecule has 0 radical (unpaired) electrons. The molecule has 1 heterocycles. The first-order valence-electron chi connectivity index (χ1n) is 9.92. The van der Waals surface area contributed by atoms with Crippen LogP contribution >= 0.6 is 0 Å². The van der Waals surface area contributed by atoms with E-state index >= 15 is 0 Å². The number of carbonyl (C=O) groups excluding carboxylic acids is 2. The van der Waals surface area contributed by atoms with Gasteiger partial charge in [0.05, 0.1) is 13.1 Å². The summed E-state index contributed by atoms with van der Waals surface area (Å²) in [5, 5.41) is 9.41. The number of rotatable bonds is 4. The number of fused-ring (bicyclic) bond motifs is 3. The summed E-state index contributed by atoms with van der Waals surface area (Å²) in [5.74, 6) is -4.85. The Labute approximate surface area is 182 Å². The van der Waals surface area contributed by atoms with Crippen LogP contribution in [0.4, 0.5) is 13.2 Å². The van der Waals surface area contributed by atoms with Crippen molar-refractivity contribution in [1.82, 2.24) is 4.90 Å². The highest BCUT2D eigenvalue weighted by atomic mass is 19.3. The molecule has 0 bridgehead atoms. The van der Waals surface area contributed by atoms with Crippen LogP contribution in [0.15, 0.2) is 42.5 Å². The summed E-state index contributed by atoms with van der Waals surface area (Å²) in [6, 6.07) is 9.67. The van der Waals surface area contributed by atoms with Gasteiger partial charge in [0.25, 0.3) is 5.92 Å². The lowest BCUT2D eigenvalue weighted by Gasteiger charge is -2.23. The number of benzene rings is 2. The number of hydrogen-bond acceptors (Lipinski definition) is 3. The van der Waals surface area contributed by atoms with Crippen LogP contribution in [0.1, 0.15) is 30.0 Å². The van der Waals surface area contributed by atoms with Crippen molar-refractivity contribution in [3.8, 4) is 11.1 Å². The fraction of sp³-hybridized carbons (Fsp3) is 0.348. The molecule has 2 aromatic carbocycles. The van der Waals surface area contributed by atoms with Gasteiger partial charge in [-0.15, -0.1) is 0 Å². The molecule has 0 spiro atoms.